The van der Waals surface area contributed by atoms with Gasteiger partial charge in [-0.25, -0.2) is 0 Å². The SMILES string of the molecule is CCC1SC(CC)C(=O)N(CC(=O)Nc2cc(C)cc(C)c2)C1=O. The molecule has 1 fully saturated rings. The zero-order valence-corrected chi connectivity index (χ0v) is 15.4. The van der Waals surface area contributed by atoms with Gasteiger partial charge in [0.05, 0.1) is 10.5 Å². The fourth-order valence-corrected chi connectivity index (χ4v) is 4.13. The molecular formula is C18H24N2O3S. The van der Waals surface area contributed by atoms with E-state index in [0.29, 0.717) is 18.5 Å². The smallest absolute Gasteiger partial charge is 0.244 e. The van der Waals surface area contributed by atoms with Crippen molar-refractivity contribution in [3.63, 3.8) is 0 Å². The number of thioether (sulfide) groups is 1. The minimum absolute atomic E-state index is 0.224. The maximum absolute atomic E-state index is 12.4. The van der Waals surface area contributed by atoms with Gasteiger partial charge in [-0.15, -0.1) is 11.8 Å². The lowest BCUT2D eigenvalue weighted by atomic mass is 10.1. The highest BCUT2D eigenvalue weighted by molar-refractivity contribution is 8.02. The molecule has 5 nitrogen and oxygen atoms in total. The number of nitrogens with one attached hydrogen (secondary N) is 1. The molecule has 6 heteroatoms. The second-order valence-electron chi connectivity index (χ2n) is 6.12. The van der Waals surface area contributed by atoms with E-state index in [1.54, 1.807) is 0 Å². The van der Waals surface area contributed by atoms with Crippen LogP contribution in [0.4, 0.5) is 5.69 Å². The largest absolute Gasteiger partial charge is 0.325 e. The van der Waals surface area contributed by atoms with Crippen LogP contribution in [-0.2, 0) is 14.4 Å². The molecule has 0 spiro atoms. The van der Waals surface area contributed by atoms with Crippen LogP contribution >= 0.6 is 11.8 Å². The lowest BCUT2D eigenvalue weighted by Gasteiger charge is -2.34. The Morgan fingerprint density at radius 1 is 1.04 bits per heavy atom. The fourth-order valence-electron chi connectivity index (χ4n) is 2.86. The van der Waals surface area contributed by atoms with E-state index in [-0.39, 0.29) is 34.8 Å². The van der Waals surface area contributed by atoms with Gasteiger partial charge in [-0.05, 0) is 49.9 Å². The fraction of sp³-hybridized carbons (Fsp3) is 0.500. The molecule has 0 radical (unpaired) electrons. The van der Waals surface area contributed by atoms with Crippen LogP contribution < -0.4 is 5.32 Å². The van der Waals surface area contributed by atoms with E-state index in [1.807, 2.05) is 45.9 Å². The van der Waals surface area contributed by atoms with Gasteiger partial charge < -0.3 is 5.32 Å². The predicted octanol–water partition coefficient (Wildman–Crippen LogP) is 2.90. The van der Waals surface area contributed by atoms with Gasteiger partial charge in [-0.1, -0.05) is 19.9 Å². The van der Waals surface area contributed by atoms with Crippen molar-refractivity contribution in [3.05, 3.63) is 29.3 Å². The normalized spacial score (nSPS) is 21.1. The number of carbonyl (C=O) groups is 3. The maximum atomic E-state index is 12.4. The van der Waals surface area contributed by atoms with Crippen LogP contribution in [-0.4, -0.2) is 39.7 Å². The van der Waals surface area contributed by atoms with Gasteiger partial charge in [-0.3, -0.25) is 19.3 Å². The molecule has 1 aliphatic heterocycles. The van der Waals surface area contributed by atoms with Crippen molar-refractivity contribution in [3.8, 4) is 0 Å². The van der Waals surface area contributed by atoms with E-state index in [0.717, 1.165) is 16.0 Å². The van der Waals surface area contributed by atoms with Gasteiger partial charge in [0.1, 0.15) is 6.54 Å². The monoisotopic (exact) mass is 348 g/mol. The van der Waals surface area contributed by atoms with Crippen molar-refractivity contribution in [2.75, 3.05) is 11.9 Å². The van der Waals surface area contributed by atoms with Gasteiger partial charge in [-0.2, -0.15) is 0 Å². The van der Waals surface area contributed by atoms with Crippen LogP contribution in [0.15, 0.2) is 18.2 Å². The summed E-state index contributed by atoms with van der Waals surface area (Å²) in [7, 11) is 0. The molecule has 2 rings (SSSR count). The molecule has 3 amide bonds. The third kappa shape index (κ3) is 4.17. The predicted molar refractivity (Wildman–Crippen MR) is 97.0 cm³/mol. The second-order valence-corrected chi connectivity index (χ2v) is 7.53. The Morgan fingerprint density at radius 2 is 1.54 bits per heavy atom. The van der Waals surface area contributed by atoms with Crippen LogP contribution in [0.3, 0.4) is 0 Å². The standard InChI is InChI=1S/C18H24N2O3S/c1-5-14-17(22)20(18(23)15(6-2)24-14)10-16(21)19-13-8-11(3)7-12(4)9-13/h7-9,14-15H,5-6,10H2,1-4H3,(H,19,21). The molecule has 0 aromatic heterocycles. The van der Waals surface area contributed by atoms with Crippen LogP contribution in [0.25, 0.3) is 0 Å². The van der Waals surface area contributed by atoms with Crippen LogP contribution in [0.5, 0.6) is 0 Å². The lowest BCUT2D eigenvalue weighted by Crippen LogP contribution is -2.53. The van der Waals surface area contributed by atoms with Gasteiger partial charge in [0.25, 0.3) is 0 Å². The Labute approximate surface area is 147 Å². The number of rotatable bonds is 5. The minimum atomic E-state index is -0.349. The van der Waals surface area contributed by atoms with Gasteiger partial charge >= 0.3 is 0 Å². The van der Waals surface area contributed by atoms with Crippen molar-refractivity contribution >= 4 is 35.2 Å². The van der Waals surface area contributed by atoms with Crippen molar-refractivity contribution in [2.24, 2.45) is 0 Å². The first-order chi connectivity index (χ1) is 11.3. The molecule has 0 bridgehead atoms. The average Bonchev–Trinajstić information content (AvgIpc) is 2.50. The Balaban J connectivity index is 2.10. The number of hydrogen-bond acceptors (Lipinski definition) is 4. The Kier molecular flexibility index (Phi) is 6.04. The zero-order chi connectivity index (χ0) is 17.9. The van der Waals surface area contributed by atoms with Crippen molar-refractivity contribution in [2.45, 2.75) is 51.0 Å². The van der Waals surface area contributed by atoms with E-state index in [1.165, 1.54) is 11.8 Å². The summed E-state index contributed by atoms with van der Waals surface area (Å²) >= 11 is 1.41. The molecule has 0 saturated carbocycles. The number of aryl methyl sites for hydroxylation is 2. The first-order valence-corrected chi connectivity index (χ1v) is 9.18. The third-order valence-electron chi connectivity index (χ3n) is 3.96. The molecule has 1 heterocycles. The topological polar surface area (TPSA) is 66.5 Å². The van der Waals surface area contributed by atoms with Crippen molar-refractivity contribution in [1.29, 1.82) is 0 Å². The van der Waals surface area contributed by atoms with E-state index in [4.69, 9.17) is 0 Å². The summed E-state index contributed by atoms with van der Waals surface area (Å²) in [6.07, 6.45) is 1.31. The minimum Gasteiger partial charge on any atom is -0.325 e. The van der Waals surface area contributed by atoms with Gasteiger partial charge in [0.2, 0.25) is 17.7 Å². The highest BCUT2D eigenvalue weighted by atomic mass is 32.2. The summed E-state index contributed by atoms with van der Waals surface area (Å²) in [4.78, 5) is 38.3. The summed E-state index contributed by atoms with van der Waals surface area (Å²) in [5.74, 6) is -0.862. The molecule has 1 N–H and O–H groups in total. The van der Waals surface area contributed by atoms with Crippen LogP contribution in [0.1, 0.15) is 37.8 Å². The molecule has 130 valence electrons. The molecule has 1 aromatic carbocycles. The quantitative estimate of drug-likeness (QED) is 0.831. The third-order valence-corrected chi connectivity index (χ3v) is 5.69. The first kappa shape index (κ1) is 18.5. The first-order valence-electron chi connectivity index (χ1n) is 8.24. The molecule has 2 unspecified atom stereocenters. The summed E-state index contributed by atoms with van der Waals surface area (Å²) in [6, 6.07) is 5.75. The molecular weight excluding hydrogens is 324 g/mol. The molecule has 1 aromatic rings. The molecule has 24 heavy (non-hydrogen) atoms. The van der Waals surface area contributed by atoms with E-state index >= 15 is 0 Å². The zero-order valence-electron chi connectivity index (χ0n) is 14.6. The maximum Gasteiger partial charge on any atom is 0.244 e. The highest BCUT2D eigenvalue weighted by Gasteiger charge is 2.40. The Bertz CT molecular complexity index is 617. The number of nitrogens with zero attached hydrogens (tertiary/aromatic N) is 1. The van der Waals surface area contributed by atoms with Crippen molar-refractivity contribution in [1.82, 2.24) is 4.90 Å². The second kappa shape index (κ2) is 7.83. The Morgan fingerprint density at radius 3 is 2.00 bits per heavy atom. The number of hydrogen-bond donors (Lipinski definition) is 1. The summed E-state index contributed by atoms with van der Waals surface area (Å²) in [6.45, 7) is 7.53. The Hall–Kier alpha value is -1.82. The van der Waals surface area contributed by atoms with E-state index < -0.39 is 0 Å². The molecule has 2 atom stereocenters. The molecule has 1 saturated heterocycles. The molecule has 0 aliphatic carbocycles. The lowest BCUT2D eigenvalue weighted by molar-refractivity contribution is -0.147. The summed E-state index contributed by atoms with van der Waals surface area (Å²) in [5, 5.41) is 2.29. The highest BCUT2D eigenvalue weighted by Crippen LogP contribution is 2.31. The number of amides is 3. The number of benzene rings is 1. The number of imide groups is 1. The van der Waals surface area contributed by atoms with E-state index in [2.05, 4.69) is 5.32 Å². The average molecular weight is 348 g/mol. The summed E-state index contributed by atoms with van der Waals surface area (Å²) < 4.78 is 0. The summed E-state index contributed by atoms with van der Waals surface area (Å²) in [5.41, 5.74) is 2.77. The number of anilines is 1. The van der Waals surface area contributed by atoms with Gasteiger partial charge in [0, 0.05) is 5.69 Å². The van der Waals surface area contributed by atoms with Crippen molar-refractivity contribution < 1.29 is 14.4 Å². The van der Waals surface area contributed by atoms with Gasteiger partial charge in [0.15, 0.2) is 0 Å². The number of carbonyl (C=O) groups excluding carboxylic acids is 3. The molecule has 1 aliphatic rings. The van der Waals surface area contributed by atoms with Crippen LogP contribution in [0.2, 0.25) is 0 Å². The van der Waals surface area contributed by atoms with E-state index in [9.17, 15) is 14.4 Å². The van der Waals surface area contributed by atoms with Crippen LogP contribution in [0, 0.1) is 13.8 Å².